The van der Waals surface area contributed by atoms with Crippen LogP contribution in [0.2, 0.25) is 0 Å². The number of halogens is 1. The van der Waals surface area contributed by atoms with Gasteiger partial charge < -0.3 is 11.1 Å². The molecule has 0 aliphatic heterocycles. The van der Waals surface area contributed by atoms with Gasteiger partial charge >= 0.3 is 0 Å². The topological polar surface area (TPSA) is 55.1 Å². The fourth-order valence-corrected chi connectivity index (χ4v) is 2.93. The van der Waals surface area contributed by atoms with Crippen LogP contribution in [-0.4, -0.2) is 5.91 Å². The van der Waals surface area contributed by atoms with E-state index in [1.807, 2.05) is 31.2 Å². The Labute approximate surface area is 127 Å². The van der Waals surface area contributed by atoms with Gasteiger partial charge in [-0.05, 0) is 55.0 Å². The van der Waals surface area contributed by atoms with Crippen molar-refractivity contribution in [3.05, 3.63) is 53.8 Å². The molecule has 0 aliphatic carbocycles. The molecule has 21 heavy (non-hydrogen) atoms. The van der Waals surface area contributed by atoms with Crippen molar-refractivity contribution in [2.45, 2.75) is 29.7 Å². The molecule has 0 saturated carbocycles. The maximum atomic E-state index is 13.3. The summed E-state index contributed by atoms with van der Waals surface area (Å²) >= 11 is 1.52. The van der Waals surface area contributed by atoms with Crippen molar-refractivity contribution in [2.75, 3.05) is 5.32 Å². The minimum atomic E-state index is -0.285. The molecule has 2 aromatic carbocycles. The van der Waals surface area contributed by atoms with Crippen molar-refractivity contribution in [2.24, 2.45) is 5.73 Å². The number of nitrogens with one attached hydrogen (secondary N) is 1. The Kier molecular flexibility index (Phi) is 4.98. The van der Waals surface area contributed by atoms with Crippen LogP contribution < -0.4 is 11.1 Å². The van der Waals surface area contributed by atoms with E-state index in [0.29, 0.717) is 0 Å². The highest BCUT2D eigenvalue weighted by Gasteiger charge is 2.10. The maximum Gasteiger partial charge on any atom is 0.221 e. The fraction of sp³-hybridized carbons (Fsp3) is 0.188. The summed E-state index contributed by atoms with van der Waals surface area (Å²) in [4.78, 5) is 12.9. The molecular formula is C16H17FN2OS. The first-order valence-corrected chi connectivity index (χ1v) is 7.38. The van der Waals surface area contributed by atoms with Crippen molar-refractivity contribution >= 4 is 23.4 Å². The van der Waals surface area contributed by atoms with Gasteiger partial charge in [-0.25, -0.2) is 4.39 Å². The third kappa shape index (κ3) is 4.31. The number of amides is 1. The van der Waals surface area contributed by atoms with Crippen LogP contribution in [-0.2, 0) is 4.79 Å². The minimum Gasteiger partial charge on any atom is -0.326 e. The van der Waals surface area contributed by atoms with E-state index in [1.165, 1.54) is 30.8 Å². The third-order valence-corrected chi connectivity index (χ3v) is 3.96. The van der Waals surface area contributed by atoms with Gasteiger partial charge in [-0.3, -0.25) is 4.79 Å². The molecular weight excluding hydrogens is 287 g/mol. The van der Waals surface area contributed by atoms with Gasteiger partial charge in [0.1, 0.15) is 5.82 Å². The number of carbonyl (C=O) groups excluding carboxylic acids is 1. The van der Waals surface area contributed by atoms with E-state index in [1.54, 1.807) is 6.07 Å². The monoisotopic (exact) mass is 304 g/mol. The SMILES string of the molecule is CC(=O)Nc1ccc(Sc2ccc(F)cc2C(C)N)cc1. The normalized spacial score (nSPS) is 12.0. The highest BCUT2D eigenvalue weighted by Crippen LogP contribution is 2.33. The van der Waals surface area contributed by atoms with E-state index in [9.17, 15) is 9.18 Å². The Hall–Kier alpha value is -1.85. The molecule has 0 heterocycles. The molecule has 0 aliphatic rings. The Morgan fingerprint density at radius 3 is 2.48 bits per heavy atom. The predicted octanol–water partition coefficient (Wildman–Crippen LogP) is 3.96. The number of rotatable bonds is 4. The molecule has 0 saturated heterocycles. The first kappa shape index (κ1) is 15.5. The molecule has 0 radical (unpaired) electrons. The first-order chi connectivity index (χ1) is 9.95. The molecule has 110 valence electrons. The zero-order valence-corrected chi connectivity index (χ0v) is 12.7. The van der Waals surface area contributed by atoms with E-state index in [2.05, 4.69) is 5.32 Å². The number of carbonyl (C=O) groups is 1. The quantitative estimate of drug-likeness (QED) is 0.899. The number of hydrogen-bond donors (Lipinski definition) is 2. The van der Waals surface area contributed by atoms with E-state index in [0.717, 1.165) is 21.0 Å². The lowest BCUT2D eigenvalue weighted by Crippen LogP contribution is -2.07. The van der Waals surface area contributed by atoms with Crippen LogP contribution in [0.5, 0.6) is 0 Å². The number of anilines is 1. The van der Waals surface area contributed by atoms with E-state index >= 15 is 0 Å². The lowest BCUT2D eigenvalue weighted by Gasteiger charge is -2.12. The van der Waals surface area contributed by atoms with Gasteiger partial charge in [0.05, 0.1) is 0 Å². The standard InChI is InChI=1S/C16H17FN2OS/c1-10(18)15-9-12(17)3-8-16(15)21-14-6-4-13(5-7-14)19-11(2)20/h3-10H,18H2,1-2H3,(H,19,20). The molecule has 3 nitrogen and oxygen atoms in total. The maximum absolute atomic E-state index is 13.3. The van der Waals surface area contributed by atoms with Gasteiger partial charge in [-0.15, -0.1) is 0 Å². The lowest BCUT2D eigenvalue weighted by atomic mass is 10.1. The van der Waals surface area contributed by atoms with Crippen LogP contribution in [0, 0.1) is 5.82 Å². The second-order valence-corrected chi connectivity index (χ2v) is 5.89. The van der Waals surface area contributed by atoms with Gasteiger partial charge in [0, 0.05) is 28.4 Å². The van der Waals surface area contributed by atoms with Crippen LogP contribution in [0.4, 0.5) is 10.1 Å². The summed E-state index contributed by atoms with van der Waals surface area (Å²) in [6.45, 7) is 3.30. The van der Waals surface area contributed by atoms with Crippen LogP contribution in [0.25, 0.3) is 0 Å². The second-order valence-electron chi connectivity index (χ2n) is 4.78. The first-order valence-electron chi connectivity index (χ1n) is 6.56. The Balaban J connectivity index is 2.20. The van der Waals surface area contributed by atoms with Crippen molar-refractivity contribution in [3.63, 3.8) is 0 Å². The summed E-state index contributed by atoms with van der Waals surface area (Å²) in [6.07, 6.45) is 0. The van der Waals surface area contributed by atoms with Crippen molar-refractivity contribution in [1.29, 1.82) is 0 Å². The summed E-state index contributed by atoms with van der Waals surface area (Å²) in [5.41, 5.74) is 7.42. The van der Waals surface area contributed by atoms with E-state index in [-0.39, 0.29) is 17.8 Å². The fourth-order valence-electron chi connectivity index (χ4n) is 1.90. The number of hydrogen-bond acceptors (Lipinski definition) is 3. The molecule has 0 spiro atoms. The molecule has 2 aromatic rings. The molecule has 1 amide bonds. The zero-order chi connectivity index (χ0) is 15.4. The zero-order valence-electron chi connectivity index (χ0n) is 11.9. The van der Waals surface area contributed by atoms with Gasteiger partial charge in [-0.1, -0.05) is 11.8 Å². The number of nitrogens with two attached hydrogens (primary N) is 1. The summed E-state index contributed by atoms with van der Waals surface area (Å²) in [6, 6.07) is 11.9. The van der Waals surface area contributed by atoms with Gasteiger partial charge in [-0.2, -0.15) is 0 Å². The summed E-state index contributed by atoms with van der Waals surface area (Å²) in [5, 5.41) is 2.72. The molecule has 0 fully saturated rings. The third-order valence-electron chi connectivity index (χ3n) is 2.86. The van der Waals surface area contributed by atoms with Crippen LogP contribution in [0.3, 0.4) is 0 Å². The highest BCUT2D eigenvalue weighted by atomic mass is 32.2. The van der Waals surface area contributed by atoms with Crippen molar-refractivity contribution in [3.8, 4) is 0 Å². The van der Waals surface area contributed by atoms with Crippen molar-refractivity contribution < 1.29 is 9.18 Å². The van der Waals surface area contributed by atoms with Crippen molar-refractivity contribution in [1.82, 2.24) is 0 Å². The molecule has 0 bridgehead atoms. The molecule has 1 atom stereocenters. The lowest BCUT2D eigenvalue weighted by molar-refractivity contribution is -0.114. The largest absolute Gasteiger partial charge is 0.326 e. The molecule has 3 N–H and O–H groups in total. The Morgan fingerprint density at radius 2 is 1.90 bits per heavy atom. The average molecular weight is 304 g/mol. The predicted molar refractivity (Wildman–Crippen MR) is 83.9 cm³/mol. The van der Waals surface area contributed by atoms with Gasteiger partial charge in [0.2, 0.25) is 5.91 Å². The second kappa shape index (κ2) is 6.74. The van der Waals surface area contributed by atoms with E-state index in [4.69, 9.17) is 5.73 Å². The van der Waals surface area contributed by atoms with Gasteiger partial charge in [0.25, 0.3) is 0 Å². The van der Waals surface area contributed by atoms with Gasteiger partial charge in [0.15, 0.2) is 0 Å². The van der Waals surface area contributed by atoms with E-state index < -0.39 is 0 Å². The average Bonchev–Trinajstić information content (AvgIpc) is 2.42. The highest BCUT2D eigenvalue weighted by molar-refractivity contribution is 7.99. The summed E-state index contributed by atoms with van der Waals surface area (Å²) in [5.74, 6) is -0.388. The summed E-state index contributed by atoms with van der Waals surface area (Å²) in [7, 11) is 0. The Morgan fingerprint density at radius 1 is 1.24 bits per heavy atom. The molecule has 1 unspecified atom stereocenters. The molecule has 0 aromatic heterocycles. The smallest absolute Gasteiger partial charge is 0.221 e. The van der Waals surface area contributed by atoms with Crippen LogP contribution in [0.1, 0.15) is 25.5 Å². The van der Waals surface area contributed by atoms with Crippen LogP contribution in [0.15, 0.2) is 52.3 Å². The molecule has 5 heteroatoms. The molecule has 2 rings (SSSR count). The minimum absolute atomic E-state index is 0.104. The van der Waals surface area contributed by atoms with Crippen LogP contribution >= 0.6 is 11.8 Å². The number of benzene rings is 2. The Bertz CT molecular complexity index is 641. The summed E-state index contributed by atoms with van der Waals surface area (Å²) < 4.78 is 13.3.